The molecule has 1 aromatic heterocycles. The van der Waals surface area contributed by atoms with E-state index in [0.29, 0.717) is 12.9 Å². The molecular formula is C12H21N2O3PS2. The molecule has 0 fully saturated rings. The van der Waals surface area contributed by atoms with E-state index in [9.17, 15) is 0 Å². The average Bonchev–Trinajstić information content (AvgIpc) is 2.49. The van der Waals surface area contributed by atoms with Crippen molar-refractivity contribution >= 4 is 30.0 Å². The van der Waals surface area contributed by atoms with Crippen LogP contribution in [-0.2, 0) is 14.7 Å². The molecule has 5 nitrogen and oxygen atoms in total. The molecule has 0 radical (unpaired) electrons. The third-order valence-corrected chi connectivity index (χ3v) is 6.07. The third kappa shape index (κ3) is 8.97. The van der Waals surface area contributed by atoms with Crippen molar-refractivity contribution in [3.8, 4) is 5.88 Å². The molecule has 0 saturated heterocycles. The first-order valence-corrected chi connectivity index (χ1v) is 10.6. The minimum Gasteiger partial charge on any atom is -0.481 e. The Balaban J connectivity index is 1.94. The molecule has 0 bridgehead atoms. The Morgan fingerprint density at radius 1 is 1.25 bits per heavy atom. The highest BCUT2D eigenvalue weighted by Gasteiger charge is 1.99. The molecule has 1 heterocycles. The number of rotatable bonds is 12. The lowest BCUT2D eigenvalue weighted by Crippen LogP contribution is -1.98. The zero-order chi connectivity index (χ0) is 14.5. The molecule has 0 aromatic carbocycles. The first-order chi connectivity index (χ1) is 9.86. The van der Waals surface area contributed by atoms with Crippen molar-refractivity contribution in [3.05, 3.63) is 18.1 Å². The van der Waals surface area contributed by atoms with Crippen LogP contribution in [0.1, 0.15) is 25.5 Å². The van der Waals surface area contributed by atoms with Gasteiger partial charge in [0.25, 0.3) is 0 Å². The summed E-state index contributed by atoms with van der Waals surface area (Å²) in [6.45, 7) is 5.11. The fourth-order valence-electron chi connectivity index (χ4n) is 1.23. The van der Waals surface area contributed by atoms with Crippen LogP contribution in [0.5, 0.6) is 5.88 Å². The number of aromatic nitrogens is 2. The van der Waals surface area contributed by atoms with Crippen LogP contribution >= 0.6 is 30.0 Å². The molecule has 1 atom stereocenters. The smallest absolute Gasteiger partial charge is 0.216 e. The van der Waals surface area contributed by atoms with Crippen LogP contribution in [0.2, 0.25) is 0 Å². The van der Waals surface area contributed by atoms with Gasteiger partial charge in [-0.05, 0) is 12.8 Å². The number of hydrogen-bond donors (Lipinski definition) is 0. The second kappa shape index (κ2) is 12.7. The van der Waals surface area contributed by atoms with Crippen molar-refractivity contribution in [2.24, 2.45) is 0 Å². The van der Waals surface area contributed by atoms with Gasteiger partial charge in [-0.25, -0.2) is 9.97 Å². The summed E-state index contributed by atoms with van der Waals surface area (Å²) in [7, 11) is 1.61. The summed E-state index contributed by atoms with van der Waals surface area (Å²) in [5.41, 5.74) is 0.975. The molecule has 0 aliphatic heterocycles. The molecule has 0 amide bonds. The highest BCUT2D eigenvalue weighted by molar-refractivity contribution is 8.80. The average molecular weight is 336 g/mol. The van der Waals surface area contributed by atoms with E-state index in [0.717, 1.165) is 44.1 Å². The van der Waals surface area contributed by atoms with Gasteiger partial charge in [-0.3, -0.25) is 0 Å². The van der Waals surface area contributed by atoms with Crippen LogP contribution in [0.15, 0.2) is 12.4 Å². The van der Waals surface area contributed by atoms with Gasteiger partial charge in [-0.2, -0.15) is 0 Å². The van der Waals surface area contributed by atoms with E-state index in [1.54, 1.807) is 18.5 Å². The van der Waals surface area contributed by atoms with Crippen molar-refractivity contribution in [1.82, 2.24) is 9.97 Å². The van der Waals surface area contributed by atoms with E-state index in [1.807, 2.05) is 6.07 Å². The van der Waals surface area contributed by atoms with E-state index in [4.69, 9.17) is 13.7 Å². The van der Waals surface area contributed by atoms with Gasteiger partial charge >= 0.3 is 0 Å². The van der Waals surface area contributed by atoms with Crippen molar-refractivity contribution in [2.75, 3.05) is 26.9 Å². The highest BCUT2D eigenvalue weighted by Crippen LogP contribution is 2.44. The van der Waals surface area contributed by atoms with E-state index < -0.39 is 0 Å². The first kappa shape index (κ1) is 18.0. The Hall–Kier alpha value is -0.0700. The second-order valence-electron chi connectivity index (χ2n) is 3.79. The second-order valence-corrected chi connectivity index (χ2v) is 8.31. The summed E-state index contributed by atoms with van der Waals surface area (Å²) >= 11 is 3.29. The third-order valence-electron chi connectivity index (χ3n) is 2.14. The van der Waals surface area contributed by atoms with Gasteiger partial charge in [0.05, 0.1) is 19.4 Å². The summed E-state index contributed by atoms with van der Waals surface area (Å²) in [5, 5.41) is 0. The number of nitrogens with zero attached hydrogens (tertiary/aromatic N) is 2. The Bertz CT molecular complexity index is 361. The maximum Gasteiger partial charge on any atom is 0.216 e. The van der Waals surface area contributed by atoms with Gasteiger partial charge < -0.3 is 13.7 Å². The molecule has 0 aliphatic rings. The lowest BCUT2D eigenvalue weighted by Gasteiger charge is -2.04. The Morgan fingerprint density at radius 2 is 2.15 bits per heavy atom. The zero-order valence-corrected chi connectivity index (χ0v) is 14.5. The van der Waals surface area contributed by atoms with Crippen LogP contribution in [-0.4, -0.2) is 36.9 Å². The molecule has 0 N–H and O–H groups in total. The molecule has 20 heavy (non-hydrogen) atoms. The summed E-state index contributed by atoms with van der Waals surface area (Å²) in [6.07, 6.45) is 3.55. The van der Waals surface area contributed by atoms with Gasteiger partial charge in [-0.15, -0.1) is 11.4 Å². The van der Waals surface area contributed by atoms with Crippen LogP contribution in [0.4, 0.5) is 0 Å². The molecule has 0 saturated carbocycles. The van der Waals surface area contributed by atoms with E-state index in [2.05, 4.69) is 16.9 Å². The summed E-state index contributed by atoms with van der Waals surface area (Å²) in [6, 6.07) is 1.86. The standard InChI is InChI=1S/C12H21N2O3PS2/c1-3-5-16-6-4-7-17-20-18-19-9-11-8-12(15-2)14-10-13-11/h8,10,18H,3-7,9H2,1-2H3. The van der Waals surface area contributed by atoms with Crippen LogP contribution in [0, 0.1) is 0 Å². The number of methoxy groups -OCH3 is 1. The lowest BCUT2D eigenvalue weighted by molar-refractivity contribution is 0.123. The molecule has 0 spiro atoms. The molecule has 114 valence electrons. The minimum atomic E-state index is 0.606. The molecule has 8 heteroatoms. The van der Waals surface area contributed by atoms with Crippen molar-refractivity contribution in [2.45, 2.75) is 25.5 Å². The number of hydrogen-bond acceptors (Lipinski definition) is 7. The van der Waals surface area contributed by atoms with Gasteiger partial charge in [0, 0.05) is 43.7 Å². The lowest BCUT2D eigenvalue weighted by atomic mass is 10.4. The zero-order valence-electron chi connectivity index (χ0n) is 11.8. The molecule has 1 rings (SSSR count). The molecule has 1 unspecified atom stereocenters. The van der Waals surface area contributed by atoms with E-state index >= 15 is 0 Å². The maximum atomic E-state index is 5.47. The van der Waals surface area contributed by atoms with Crippen LogP contribution < -0.4 is 4.74 Å². The minimum absolute atomic E-state index is 0.606. The maximum absolute atomic E-state index is 5.47. The van der Waals surface area contributed by atoms with Gasteiger partial charge in [-0.1, -0.05) is 6.92 Å². The fraction of sp³-hybridized carbons (Fsp3) is 0.667. The molecule has 0 aliphatic carbocycles. The van der Waals surface area contributed by atoms with Gasteiger partial charge in [0.15, 0.2) is 0 Å². The molecular weight excluding hydrogens is 315 g/mol. The number of ether oxygens (including phenoxy) is 2. The topological polar surface area (TPSA) is 53.5 Å². The Morgan fingerprint density at radius 3 is 2.95 bits per heavy atom. The van der Waals surface area contributed by atoms with Crippen LogP contribution in [0.3, 0.4) is 0 Å². The highest BCUT2D eigenvalue weighted by atomic mass is 33.1. The van der Waals surface area contributed by atoms with Crippen LogP contribution in [0.25, 0.3) is 0 Å². The fourth-order valence-corrected chi connectivity index (χ4v) is 4.44. The van der Waals surface area contributed by atoms with Gasteiger partial charge in [0.1, 0.15) is 6.33 Å². The van der Waals surface area contributed by atoms with Crippen molar-refractivity contribution < 1.29 is 13.7 Å². The Kier molecular flexibility index (Phi) is 11.4. The first-order valence-electron chi connectivity index (χ1n) is 6.44. The van der Waals surface area contributed by atoms with Gasteiger partial charge in [0.2, 0.25) is 5.88 Å². The SMILES string of the molecule is CCCOCCCOSPSCc1cc(OC)ncn1. The quantitative estimate of drug-likeness (QED) is 0.328. The van der Waals surface area contributed by atoms with E-state index in [-0.39, 0.29) is 0 Å². The van der Waals surface area contributed by atoms with E-state index in [1.165, 1.54) is 18.0 Å². The van der Waals surface area contributed by atoms with Crippen molar-refractivity contribution in [1.29, 1.82) is 0 Å². The monoisotopic (exact) mass is 336 g/mol. The summed E-state index contributed by atoms with van der Waals surface area (Å²) < 4.78 is 15.9. The Labute approximate surface area is 130 Å². The predicted molar refractivity (Wildman–Crippen MR) is 87.5 cm³/mol. The molecule has 1 aromatic rings. The van der Waals surface area contributed by atoms with Crippen molar-refractivity contribution in [3.63, 3.8) is 0 Å². The summed E-state index contributed by atoms with van der Waals surface area (Å²) in [5.74, 6) is 1.45. The normalized spacial score (nSPS) is 11.3. The summed E-state index contributed by atoms with van der Waals surface area (Å²) in [4.78, 5) is 8.16. The predicted octanol–water partition coefficient (Wildman–Crippen LogP) is 3.71. The largest absolute Gasteiger partial charge is 0.481 e.